The van der Waals surface area contributed by atoms with E-state index in [1.54, 1.807) is 0 Å². The summed E-state index contributed by atoms with van der Waals surface area (Å²) in [4.78, 5) is 2.66. The third kappa shape index (κ3) is 4.37. The lowest BCUT2D eigenvalue weighted by atomic mass is 10.0. The van der Waals surface area contributed by atoms with Gasteiger partial charge in [-0.3, -0.25) is 0 Å². The van der Waals surface area contributed by atoms with Gasteiger partial charge >= 0.3 is 0 Å². The van der Waals surface area contributed by atoms with Crippen LogP contribution in [-0.2, 0) is 6.42 Å². The smallest absolute Gasteiger partial charge is 0.142 e. The number of rotatable bonds is 8. The minimum Gasteiger partial charge on any atom is -0.490 e. The topological polar surface area (TPSA) is 24.5 Å². The fourth-order valence-electron chi connectivity index (χ4n) is 3.17. The van der Waals surface area contributed by atoms with Crippen molar-refractivity contribution in [2.45, 2.75) is 52.5 Å². The van der Waals surface area contributed by atoms with E-state index in [0.29, 0.717) is 6.04 Å². The molecular weight excluding hydrogens is 260 g/mol. The van der Waals surface area contributed by atoms with Gasteiger partial charge in [-0.25, -0.2) is 0 Å². The Morgan fingerprint density at radius 3 is 2.62 bits per heavy atom. The molecule has 0 saturated heterocycles. The summed E-state index contributed by atoms with van der Waals surface area (Å²) in [6, 6.07) is 7.26. The second-order valence-electron chi connectivity index (χ2n) is 5.91. The van der Waals surface area contributed by atoms with E-state index in [2.05, 4.69) is 49.2 Å². The molecule has 1 aromatic rings. The van der Waals surface area contributed by atoms with Crippen molar-refractivity contribution in [3.8, 4) is 5.75 Å². The fourth-order valence-corrected chi connectivity index (χ4v) is 3.17. The molecule has 0 spiro atoms. The number of benzene rings is 1. The Morgan fingerprint density at radius 1 is 1.19 bits per heavy atom. The molecule has 0 bridgehead atoms. The van der Waals surface area contributed by atoms with Gasteiger partial charge in [0, 0.05) is 12.6 Å². The highest BCUT2D eigenvalue weighted by atomic mass is 16.5. The first-order chi connectivity index (χ1) is 10.3. The van der Waals surface area contributed by atoms with Crippen molar-refractivity contribution in [2.75, 3.05) is 31.6 Å². The molecule has 1 N–H and O–H groups in total. The van der Waals surface area contributed by atoms with Crippen molar-refractivity contribution in [1.82, 2.24) is 4.90 Å². The zero-order valence-electron chi connectivity index (χ0n) is 13.8. The van der Waals surface area contributed by atoms with Crippen LogP contribution in [0.2, 0.25) is 0 Å². The highest BCUT2D eigenvalue weighted by Crippen LogP contribution is 2.29. The SMILES string of the molecule is CCCN(CCC)C(CC)Cc1ccc2c(c1)NCCO2. The Hall–Kier alpha value is -1.22. The number of ether oxygens (including phenoxy) is 1. The molecule has 0 aliphatic carbocycles. The number of hydrogen-bond acceptors (Lipinski definition) is 3. The zero-order chi connectivity index (χ0) is 15.1. The largest absolute Gasteiger partial charge is 0.490 e. The normalized spacial score (nSPS) is 15.2. The van der Waals surface area contributed by atoms with E-state index in [1.165, 1.54) is 37.9 Å². The monoisotopic (exact) mass is 290 g/mol. The first-order valence-corrected chi connectivity index (χ1v) is 8.52. The van der Waals surface area contributed by atoms with Gasteiger partial charge in [-0.1, -0.05) is 26.8 Å². The van der Waals surface area contributed by atoms with Crippen LogP contribution in [0.5, 0.6) is 5.75 Å². The lowest BCUT2D eigenvalue weighted by Crippen LogP contribution is -2.37. The number of fused-ring (bicyclic) bond motifs is 1. The van der Waals surface area contributed by atoms with Gasteiger partial charge in [0.1, 0.15) is 12.4 Å². The quantitative estimate of drug-likeness (QED) is 0.785. The van der Waals surface area contributed by atoms with Crippen molar-refractivity contribution < 1.29 is 4.74 Å². The maximum absolute atomic E-state index is 5.66. The molecule has 2 rings (SSSR count). The molecule has 1 aliphatic heterocycles. The van der Waals surface area contributed by atoms with E-state index in [1.807, 2.05) is 0 Å². The van der Waals surface area contributed by atoms with Gasteiger partial charge < -0.3 is 15.0 Å². The van der Waals surface area contributed by atoms with E-state index < -0.39 is 0 Å². The maximum Gasteiger partial charge on any atom is 0.142 e. The van der Waals surface area contributed by atoms with E-state index in [-0.39, 0.29) is 0 Å². The molecule has 0 radical (unpaired) electrons. The van der Waals surface area contributed by atoms with Crippen LogP contribution in [-0.4, -0.2) is 37.2 Å². The van der Waals surface area contributed by atoms with Crippen LogP contribution in [0.4, 0.5) is 5.69 Å². The average molecular weight is 290 g/mol. The highest BCUT2D eigenvalue weighted by molar-refractivity contribution is 5.59. The van der Waals surface area contributed by atoms with Crippen LogP contribution in [0.1, 0.15) is 45.6 Å². The van der Waals surface area contributed by atoms with Crippen LogP contribution in [0.15, 0.2) is 18.2 Å². The third-order valence-electron chi connectivity index (χ3n) is 4.20. The molecule has 21 heavy (non-hydrogen) atoms. The van der Waals surface area contributed by atoms with Gasteiger partial charge in [-0.05, 0) is 56.5 Å². The van der Waals surface area contributed by atoms with E-state index in [4.69, 9.17) is 4.74 Å². The molecule has 1 atom stereocenters. The van der Waals surface area contributed by atoms with Gasteiger partial charge in [-0.15, -0.1) is 0 Å². The summed E-state index contributed by atoms with van der Waals surface area (Å²) in [6.45, 7) is 10.9. The number of nitrogens with one attached hydrogen (secondary N) is 1. The molecular formula is C18H30N2O. The van der Waals surface area contributed by atoms with Crippen molar-refractivity contribution >= 4 is 5.69 Å². The molecule has 1 aliphatic rings. The van der Waals surface area contributed by atoms with Gasteiger partial charge in [0.05, 0.1) is 5.69 Å². The number of anilines is 1. The standard InChI is InChI=1S/C18H30N2O/c1-4-10-20(11-5-2)16(6-3)13-15-7-8-18-17(14-15)19-9-12-21-18/h7-8,14,16,19H,4-6,9-13H2,1-3H3. The molecule has 1 aromatic carbocycles. The Kier molecular flexibility index (Phi) is 6.37. The number of hydrogen-bond donors (Lipinski definition) is 1. The van der Waals surface area contributed by atoms with Crippen molar-refractivity contribution in [3.05, 3.63) is 23.8 Å². The van der Waals surface area contributed by atoms with Crippen LogP contribution in [0.3, 0.4) is 0 Å². The van der Waals surface area contributed by atoms with Crippen LogP contribution in [0.25, 0.3) is 0 Å². The van der Waals surface area contributed by atoms with Gasteiger partial charge in [-0.2, -0.15) is 0 Å². The Balaban J connectivity index is 2.06. The van der Waals surface area contributed by atoms with Crippen LogP contribution < -0.4 is 10.1 Å². The minimum atomic E-state index is 0.646. The summed E-state index contributed by atoms with van der Waals surface area (Å²) >= 11 is 0. The van der Waals surface area contributed by atoms with E-state index in [0.717, 1.165) is 31.0 Å². The number of nitrogens with zero attached hydrogens (tertiary/aromatic N) is 1. The molecule has 1 heterocycles. The van der Waals surface area contributed by atoms with Gasteiger partial charge in [0.15, 0.2) is 0 Å². The molecule has 1 unspecified atom stereocenters. The van der Waals surface area contributed by atoms with Gasteiger partial charge in [0.25, 0.3) is 0 Å². The molecule has 3 nitrogen and oxygen atoms in total. The summed E-state index contributed by atoms with van der Waals surface area (Å²) in [6.07, 6.45) is 4.80. The molecule has 118 valence electrons. The second kappa shape index (κ2) is 8.28. The Morgan fingerprint density at radius 2 is 1.95 bits per heavy atom. The second-order valence-corrected chi connectivity index (χ2v) is 5.91. The first kappa shape index (κ1) is 16.2. The predicted octanol–water partition coefficient (Wildman–Crippen LogP) is 3.93. The van der Waals surface area contributed by atoms with E-state index in [9.17, 15) is 0 Å². The molecule has 0 amide bonds. The van der Waals surface area contributed by atoms with Crippen molar-refractivity contribution in [1.29, 1.82) is 0 Å². The highest BCUT2D eigenvalue weighted by Gasteiger charge is 2.17. The zero-order valence-corrected chi connectivity index (χ0v) is 13.8. The Labute approximate surface area is 129 Å². The van der Waals surface area contributed by atoms with Crippen molar-refractivity contribution in [2.24, 2.45) is 0 Å². The molecule has 0 saturated carbocycles. The van der Waals surface area contributed by atoms with E-state index >= 15 is 0 Å². The fraction of sp³-hybridized carbons (Fsp3) is 0.667. The minimum absolute atomic E-state index is 0.646. The summed E-state index contributed by atoms with van der Waals surface area (Å²) in [7, 11) is 0. The molecule has 3 heteroatoms. The van der Waals surface area contributed by atoms with Crippen molar-refractivity contribution in [3.63, 3.8) is 0 Å². The summed E-state index contributed by atoms with van der Waals surface area (Å²) in [5.74, 6) is 0.997. The van der Waals surface area contributed by atoms with Crippen LogP contribution >= 0.6 is 0 Å². The lowest BCUT2D eigenvalue weighted by Gasteiger charge is -2.31. The average Bonchev–Trinajstić information content (AvgIpc) is 2.52. The summed E-state index contributed by atoms with van der Waals surface area (Å²) in [5.41, 5.74) is 2.57. The van der Waals surface area contributed by atoms with Gasteiger partial charge in [0.2, 0.25) is 0 Å². The third-order valence-corrected chi connectivity index (χ3v) is 4.20. The Bertz CT molecular complexity index is 427. The predicted molar refractivity (Wildman–Crippen MR) is 90.4 cm³/mol. The lowest BCUT2D eigenvalue weighted by molar-refractivity contribution is 0.189. The molecule has 0 fully saturated rings. The summed E-state index contributed by atoms with van der Waals surface area (Å²) in [5, 5.41) is 3.44. The summed E-state index contributed by atoms with van der Waals surface area (Å²) < 4.78 is 5.66. The maximum atomic E-state index is 5.66. The van der Waals surface area contributed by atoms with Crippen LogP contribution in [0, 0.1) is 0 Å². The molecule has 0 aromatic heterocycles. The first-order valence-electron chi connectivity index (χ1n) is 8.52.